The first-order valence-corrected chi connectivity index (χ1v) is 7.66. The number of hydrogen-bond donors (Lipinski definition) is 3. The van der Waals surface area contributed by atoms with Crippen LogP contribution in [0.25, 0.3) is 0 Å². The van der Waals surface area contributed by atoms with Crippen LogP contribution in [0.5, 0.6) is 0 Å². The first-order chi connectivity index (χ1) is 9.67. The van der Waals surface area contributed by atoms with Gasteiger partial charge in [-0.25, -0.2) is 5.84 Å². The monoisotopic (exact) mass is 287 g/mol. The van der Waals surface area contributed by atoms with Gasteiger partial charge in [-0.1, -0.05) is 13.8 Å². The van der Waals surface area contributed by atoms with E-state index in [1.54, 1.807) is 7.11 Å². The summed E-state index contributed by atoms with van der Waals surface area (Å²) in [7, 11) is 1.70. The summed E-state index contributed by atoms with van der Waals surface area (Å²) in [5.74, 6) is 6.14. The van der Waals surface area contributed by atoms with E-state index in [-0.39, 0.29) is 0 Å². The fourth-order valence-corrected chi connectivity index (χ4v) is 2.00. The number of ether oxygens (including phenoxy) is 1. The summed E-state index contributed by atoms with van der Waals surface area (Å²) in [6.07, 6.45) is 3.19. The molecule has 1 atom stereocenters. The fourth-order valence-electron chi connectivity index (χ4n) is 2.00. The Hall–Kier alpha value is -0.850. The maximum Gasteiger partial charge on any atom is 0.205 e. The van der Waals surface area contributed by atoms with E-state index in [2.05, 4.69) is 41.4 Å². The Morgan fingerprint density at radius 1 is 1.30 bits per heavy atom. The number of rotatable bonds is 11. The van der Waals surface area contributed by atoms with E-state index in [1.165, 1.54) is 6.42 Å². The molecule has 0 aromatic rings. The van der Waals surface area contributed by atoms with Gasteiger partial charge in [-0.05, 0) is 45.8 Å². The number of nitrogens with two attached hydrogens (primary N) is 1. The predicted octanol–water partition coefficient (Wildman–Crippen LogP) is 0.942. The highest BCUT2D eigenvalue weighted by Crippen LogP contribution is 1.99. The van der Waals surface area contributed by atoms with Gasteiger partial charge >= 0.3 is 0 Å². The average Bonchev–Trinajstić information content (AvgIpc) is 2.46. The van der Waals surface area contributed by atoms with Crippen LogP contribution < -0.4 is 16.6 Å². The molecule has 20 heavy (non-hydrogen) atoms. The molecule has 0 fully saturated rings. The Labute approximate surface area is 124 Å². The van der Waals surface area contributed by atoms with Gasteiger partial charge in [0.25, 0.3) is 0 Å². The van der Waals surface area contributed by atoms with Gasteiger partial charge in [0.05, 0.1) is 0 Å². The van der Waals surface area contributed by atoms with E-state index in [4.69, 9.17) is 10.6 Å². The molecule has 120 valence electrons. The van der Waals surface area contributed by atoms with Gasteiger partial charge in [-0.2, -0.15) is 0 Å². The molecule has 0 saturated carbocycles. The van der Waals surface area contributed by atoms with Crippen LogP contribution in [0.3, 0.4) is 0 Å². The molecule has 0 aromatic carbocycles. The minimum absolute atomic E-state index is 0.364. The number of hydrogen-bond acceptors (Lipinski definition) is 4. The third kappa shape index (κ3) is 10.00. The molecule has 0 aliphatic heterocycles. The molecule has 4 N–H and O–H groups in total. The second-order valence-corrected chi connectivity index (χ2v) is 4.94. The second kappa shape index (κ2) is 13.1. The molecule has 0 rings (SSSR count). The van der Waals surface area contributed by atoms with Gasteiger partial charge in [0.15, 0.2) is 0 Å². The highest BCUT2D eigenvalue weighted by molar-refractivity contribution is 5.79. The molecule has 6 nitrogen and oxygen atoms in total. The molecule has 0 radical (unpaired) electrons. The van der Waals surface area contributed by atoms with Crippen molar-refractivity contribution in [1.29, 1.82) is 0 Å². The van der Waals surface area contributed by atoms with Gasteiger partial charge in [0.1, 0.15) is 0 Å². The van der Waals surface area contributed by atoms with Crippen LogP contribution in [0.2, 0.25) is 0 Å². The highest BCUT2D eigenvalue weighted by Gasteiger charge is 2.05. The standard InChI is InChI=1S/C14H33N5O/c1-5-19(6-2)11-7-9-13(3)17-14(18-15)16-10-8-12-20-4/h13H,5-12,15H2,1-4H3,(H2,16,17,18). The maximum absolute atomic E-state index is 5.47. The van der Waals surface area contributed by atoms with Crippen LogP contribution in [0.4, 0.5) is 0 Å². The summed E-state index contributed by atoms with van der Waals surface area (Å²) in [4.78, 5) is 6.81. The quantitative estimate of drug-likeness (QED) is 0.173. The summed E-state index contributed by atoms with van der Waals surface area (Å²) in [6, 6.07) is 0.364. The minimum Gasteiger partial charge on any atom is -0.385 e. The zero-order valence-corrected chi connectivity index (χ0v) is 13.6. The maximum atomic E-state index is 5.47. The van der Waals surface area contributed by atoms with E-state index in [0.717, 1.165) is 39.1 Å². The van der Waals surface area contributed by atoms with Crippen LogP contribution in [-0.2, 0) is 4.74 Å². The average molecular weight is 287 g/mol. The van der Waals surface area contributed by atoms with Gasteiger partial charge in [0.2, 0.25) is 5.96 Å². The molecule has 0 heterocycles. The topological polar surface area (TPSA) is 74.9 Å². The van der Waals surface area contributed by atoms with Crippen molar-refractivity contribution in [2.24, 2.45) is 10.8 Å². The first-order valence-electron chi connectivity index (χ1n) is 7.66. The van der Waals surface area contributed by atoms with Crippen LogP contribution in [0.1, 0.15) is 40.0 Å². The minimum atomic E-state index is 0.364. The van der Waals surface area contributed by atoms with Crippen LogP contribution in [-0.4, -0.2) is 56.8 Å². The van der Waals surface area contributed by atoms with Crippen molar-refractivity contribution >= 4 is 5.96 Å². The zero-order valence-electron chi connectivity index (χ0n) is 13.6. The van der Waals surface area contributed by atoms with Crippen molar-refractivity contribution in [1.82, 2.24) is 15.6 Å². The van der Waals surface area contributed by atoms with E-state index in [0.29, 0.717) is 18.5 Å². The molecule has 0 spiro atoms. The van der Waals surface area contributed by atoms with Crippen molar-refractivity contribution < 1.29 is 4.74 Å². The first kappa shape index (κ1) is 19.1. The summed E-state index contributed by atoms with van der Waals surface area (Å²) >= 11 is 0. The lowest BCUT2D eigenvalue weighted by molar-refractivity contribution is 0.197. The fraction of sp³-hybridized carbons (Fsp3) is 0.929. The molecule has 0 bridgehead atoms. The number of aliphatic imine (C=N–C) groups is 1. The third-order valence-corrected chi connectivity index (χ3v) is 3.30. The molecule has 0 amide bonds. The number of nitrogens with one attached hydrogen (secondary N) is 2. The highest BCUT2D eigenvalue weighted by atomic mass is 16.5. The van der Waals surface area contributed by atoms with Crippen molar-refractivity contribution in [3.05, 3.63) is 0 Å². The number of methoxy groups -OCH3 is 1. The largest absolute Gasteiger partial charge is 0.385 e. The summed E-state index contributed by atoms with van der Waals surface area (Å²) in [5, 5.41) is 3.31. The number of guanidine groups is 1. The summed E-state index contributed by atoms with van der Waals surface area (Å²) in [6.45, 7) is 11.4. The molecule has 6 heteroatoms. The van der Waals surface area contributed by atoms with E-state index >= 15 is 0 Å². The zero-order chi connectivity index (χ0) is 15.2. The lowest BCUT2D eigenvalue weighted by Gasteiger charge is -2.20. The molecule has 0 aliphatic carbocycles. The van der Waals surface area contributed by atoms with Gasteiger partial charge in [-0.15, -0.1) is 0 Å². The molecular formula is C14H33N5O. The molecule has 1 unspecified atom stereocenters. The third-order valence-electron chi connectivity index (χ3n) is 3.30. The van der Waals surface area contributed by atoms with Gasteiger partial charge < -0.3 is 15.0 Å². The SMILES string of the molecule is CCN(CC)CCCC(C)NC(=NCCCOC)NN. The summed E-state index contributed by atoms with van der Waals surface area (Å²) in [5.41, 5.74) is 2.62. The molecule has 0 aromatic heterocycles. The van der Waals surface area contributed by atoms with E-state index in [9.17, 15) is 0 Å². The molecule has 0 aliphatic rings. The summed E-state index contributed by atoms with van der Waals surface area (Å²) < 4.78 is 4.99. The molecule has 0 saturated heterocycles. The van der Waals surface area contributed by atoms with Crippen LogP contribution >= 0.6 is 0 Å². The smallest absolute Gasteiger partial charge is 0.205 e. The van der Waals surface area contributed by atoms with Crippen molar-refractivity contribution in [3.8, 4) is 0 Å². The van der Waals surface area contributed by atoms with E-state index in [1.807, 2.05) is 0 Å². The lowest BCUT2D eigenvalue weighted by Crippen LogP contribution is -2.45. The normalized spacial score (nSPS) is 13.6. The Morgan fingerprint density at radius 2 is 2.00 bits per heavy atom. The van der Waals surface area contributed by atoms with Gasteiger partial charge in [-0.3, -0.25) is 10.4 Å². The second-order valence-electron chi connectivity index (χ2n) is 4.94. The molecular weight excluding hydrogens is 254 g/mol. The Kier molecular flexibility index (Phi) is 12.6. The Balaban J connectivity index is 3.87. The van der Waals surface area contributed by atoms with Crippen molar-refractivity contribution in [2.45, 2.75) is 46.1 Å². The van der Waals surface area contributed by atoms with E-state index < -0.39 is 0 Å². The van der Waals surface area contributed by atoms with Crippen LogP contribution in [0.15, 0.2) is 4.99 Å². The Bertz CT molecular complexity index is 244. The van der Waals surface area contributed by atoms with Crippen molar-refractivity contribution in [2.75, 3.05) is 39.9 Å². The number of nitrogens with zero attached hydrogens (tertiary/aromatic N) is 2. The van der Waals surface area contributed by atoms with Crippen LogP contribution in [0, 0.1) is 0 Å². The lowest BCUT2D eigenvalue weighted by atomic mass is 10.2. The predicted molar refractivity (Wildman–Crippen MR) is 85.7 cm³/mol. The number of hydrazine groups is 1. The Morgan fingerprint density at radius 3 is 2.55 bits per heavy atom. The van der Waals surface area contributed by atoms with Crippen molar-refractivity contribution in [3.63, 3.8) is 0 Å². The van der Waals surface area contributed by atoms with Gasteiger partial charge in [0, 0.05) is 26.3 Å².